The monoisotopic (exact) mass is 1320 g/mol. The van der Waals surface area contributed by atoms with Gasteiger partial charge in [-0.3, -0.25) is 28.8 Å². The molecule has 3 heterocycles. The van der Waals surface area contributed by atoms with Gasteiger partial charge in [0.25, 0.3) is 5.91 Å². The van der Waals surface area contributed by atoms with Crippen LogP contribution >= 0.6 is 0 Å². The van der Waals surface area contributed by atoms with Gasteiger partial charge in [-0.15, -0.1) is 0 Å². The highest BCUT2D eigenvalue weighted by Gasteiger charge is 2.54. The molecule has 6 aromatic rings. The van der Waals surface area contributed by atoms with E-state index in [1.165, 1.54) is 25.7 Å². The van der Waals surface area contributed by atoms with Gasteiger partial charge in [-0.05, 0) is 176 Å². The number of ether oxygens (including phenoxy) is 9. The lowest BCUT2D eigenvalue weighted by Gasteiger charge is -2.44. The summed E-state index contributed by atoms with van der Waals surface area (Å²) < 4.78 is 54.0. The summed E-state index contributed by atoms with van der Waals surface area (Å²) in [5.74, 6) is -1.05. The van der Waals surface area contributed by atoms with Crippen molar-refractivity contribution in [1.82, 2.24) is 15.1 Å². The number of unbranched alkanes of at least 4 members (excludes halogenated alkanes) is 2. The summed E-state index contributed by atoms with van der Waals surface area (Å²) in [6.45, 7) is 21.5. The van der Waals surface area contributed by atoms with Crippen molar-refractivity contribution in [3.05, 3.63) is 172 Å². The topological polar surface area (TPSA) is 241 Å². The Morgan fingerprint density at radius 2 is 1.04 bits per heavy atom. The molecule has 0 radical (unpaired) electrons. The van der Waals surface area contributed by atoms with Crippen LogP contribution in [0.25, 0.3) is 0 Å². The van der Waals surface area contributed by atoms with Crippen LogP contribution in [-0.2, 0) is 49.4 Å². The summed E-state index contributed by atoms with van der Waals surface area (Å²) in [5.41, 5.74) is -1.15. The van der Waals surface area contributed by atoms with Gasteiger partial charge in [0.05, 0.1) is 63.8 Å². The predicted molar refractivity (Wildman–Crippen MR) is 360 cm³/mol. The van der Waals surface area contributed by atoms with Crippen molar-refractivity contribution in [2.75, 3.05) is 73.8 Å². The second-order valence-electron chi connectivity index (χ2n) is 26.3. The van der Waals surface area contributed by atoms with Gasteiger partial charge in [0.1, 0.15) is 45.8 Å². The molecule has 1 fully saturated rings. The van der Waals surface area contributed by atoms with Gasteiger partial charge in [-0.2, -0.15) is 0 Å². The number of rotatable bonds is 26. The molecule has 0 aliphatic carbocycles. The predicted octanol–water partition coefficient (Wildman–Crippen LogP) is 12.8. The number of aliphatic carboxylic acids is 1. The molecule has 3 aliphatic heterocycles. The number of fused-ring (bicyclic) bond motifs is 6. The van der Waals surface area contributed by atoms with E-state index >= 15 is 0 Å². The first-order chi connectivity index (χ1) is 45.8. The molecule has 0 saturated carbocycles. The van der Waals surface area contributed by atoms with Crippen LogP contribution < -0.4 is 33.7 Å². The zero-order valence-corrected chi connectivity index (χ0v) is 57.3. The van der Waals surface area contributed by atoms with Crippen molar-refractivity contribution in [3.8, 4) is 40.2 Å². The fourth-order valence-electron chi connectivity index (χ4n) is 11.8. The number of amides is 2. The van der Waals surface area contributed by atoms with Crippen LogP contribution in [0.15, 0.2) is 127 Å². The standard InChI is InChI=1S/C70H76N2O17.C6H15N/c1-66(2,3)64(79)86-51-27-30-55-57(40-51)88-58-41-52(87-65(80)67(4,5)6)28-31-56(58)70(55)54-29-14-44(39-53(54)63(78)89-70)62(77)71-36-12-10-11-13-59(73)72-37-34-68(35-38-72,42-84-61(76)33-32-60(74)75)43-85-69(45-15-21-48(81-7)22-16-45,46-17-23-49(82-8)24-18-46)47-19-25-50(83-9)26-20-47;1-4-7(5-2)6-3/h14-31,39-41H,10-13,32-38,42-43H2,1-9H3,(H,71,77)(H,74,75);4-6H2,1-3H3. The van der Waals surface area contributed by atoms with Crippen molar-refractivity contribution >= 4 is 41.7 Å². The first-order valence-corrected chi connectivity index (χ1v) is 32.8. The summed E-state index contributed by atoms with van der Waals surface area (Å²) in [6.07, 6.45) is 2.14. The van der Waals surface area contributed by atoms with Crippen molar-refractivity contribution in [2.45, 2.75) is 125 Å². The molecule has 2 amide bonds. The summed E-state index contributed by atoms with van der Waals surface area (Å²) >= 11 is 0. The molecule has 0 bridgehead atoms. The largest absolute Gasteiger partial charge is 0.497 e. The van der Waals surface area contributed by atoms with E-state index in [9.17, 15) is 38.7 Å². The number of carbonyl (C=O) groups is 7. The number of carbonyl (C=O) groups excluding carboxylic acids is 6. The third-order valence-corrected chi connectivity index (χ3v) is 17.7. The Bertz CT molecular complexity index is 3530. The number of likely N-dealkylation sites (tertiary alicyclic amines) is 1. The van der Waals surface area contributed by atoms with Gasteiger partial charge in [-0.25, -0.2) is 4.79 Å². The van der Waals surface area contributed by atoms with E-state index in [-0.39, 0.29) is 72.5 Å². The fourth-order valence-corrected chi connectivity index (χ4v) is 11.8. The minimum atomic E-state index is -1.56. The maximum absolute atomic E-state index is 14.1. The molecule has 20 nitrogen and oxygen atoms in total. The number of carboxylic acid groups (broad SMARTS) is 1. The number of carboxylic acids is 1. The number of nitrogens with zero attached hydrogens (tertiary/aromatic N) is 2. The smallest absolute Gasteiger partial charge is 0.340 e. The molecule has 512 valence electrons. The second kappa shape index (κ2) is 31.5. The van der Waals surface area contributed by atoms with Gasteiger partial charge in [0.15, 0.2) is 5.60 Å². The molecule has 2 N–H and O–H groups in total. The van der Waals surface area contributed by atoms with Gasteiger partial charge < -0.3 is 62.9 Å². The minimum absolute atomic E-state index is 0.0440. The van der Waals surface area contributed by atoms with Crippen molar-refractivity contribution in [2.24, 2.45) is 16.2 Å². The summed E-state index contributed by atoms with van der Waals surface area (Å²) in [4.78, 5) is 96.2. The summed E-state index contributed by atoms with van der Waals surface area (Å²) in [6, 6.07) is 37.2. The number of piperidine rings is 1. The lowest BCUT2D eigenvalue weighted by molar-refractivity contribution is -0.157. The number of methoxy groups -OCH3 is 3. The number of nitrogens with one attached hydrogen (secondary N) is 1. The fraction of sp³-hybridized carbons (Fsp3) is 0.434. The number of hydrogen-bond acceptors (Lipinski definition) is 17. The molecule has 0 atom stereocenters. The van der Waals surface area contributed by atoms with Crippen LogP contribution in [0, 0.1) is 16.2 Å². The normalized spacial score (nSPS) is 14.3. The molecule has 1 spiro atoms. The number of esters is 4. The molecule has 0 aromatic heterocycles. The molecule has 3 aliphatic rings. The first-order valence-electron chi connectivity index (χ1n) is 32.8. The van der Waals surface area contributed by atoms with Crippen molar-refractivity contribution in [1.29, 1.82) is 0 Å². The summed E-state index contributed by atoms with van der Waals surface area (Å²) in [7, 11) is 4.78. The van der Waals surface area contributed by atoms with E-state index < -0.39 is 63.2 Å². The Morgan fingerprint density at radius 1 is 0.573 bits per heavy atom. The molecule has 96 heavy (non-hydrogen) atoms. The van der Waals surface area contributed by atoms with E-state index in [0.29, 0.717) is 85.7 Å². The van der Waals surface area contributed by atoms with Gasteiger partial charge in [0, 0.05) is 65.9 Å². The number of benzene rings is 6. The quantitative estimate of drug-likeness (QED) is 0.0222. The Kier molecular flexibility index (Phi) is 23.8. The highest BCUT2D eigenvalue weighted by molar-refractivity contribution is 6.02. The van der Waals surface area contributed by atoms with Gasteiger partial charge in [-0.1, -0.05) is 69.7 Å². The van der Waals surface area contributed by atoms with Crippen LogP contribution in [-0.4, -0.2) is 130 Å². The molecular formula is C76H91N3O17. The molecule has 9 rings (SSSR count). The minimum Gasteiger partial charge on any atom is -0.497 e. The molecular weight excluding hydrogens is 1230 g/mol. The van der Waals surface area contributed by atoms with Crippen LogP contribution in [0.1, 0.15) is 168 Å². The molecule has 20 heteroatoms. The summed E-state index contributed by atoms with van der Waals surface area (Å²) in [5, 5.41) is 12.3. The zero-order valence-electron chi connectivity index (χ0n) is 57.3. The number of hydrogen-bond donors (Lipinski definition) is 2. The van der Waals surface area contributed by atoms with E-state index in [4.69, 9.17) is 42.6 Å². The average Bonchev–Trinajstić information content (AvgIpc) is 1.47. The van der Waals surface area contributed by atoms with E-state index in [1.54, 1.807) is 116 Å². The maximum atomic E-state index is 14.1. The van der Waals surface area contributed by atoms with Crippen LogP contribution in [0.3, 0.4) is 0 Å². The SMILES string of the molecule is CCN(CC)CC.COc1ccc(C(OCC2(COC(=O)CCC(=O)O)CCN(C(=O)CCCCCNC(=O)c3ccc4c(c3)C(=O)OC43c4ccc(OC(=O)C(C)(C)C)cc4Oc4cc(OC(=O)C(C)(C)C)ccc43)CC2)(c2ccc(OC)cc2)c2ccc(OC)cc2)cc1. The Hall–Kier alpha value is -9.27. The second-order valence-corrected chi connectivity index (χ2v) is 26.3. The van der Waals surface area contributed by atoms with Crippen molar-refractivity contribution < 1.29 is 81.3 Å². The highest BCUT2D eigenvalue weighted by atomic mass is 16.6. The van der Waals surface area contributed by atoms with Crippen LogP contribution in [0.4, 0.5) is 0 Å². The third-order valence-electron chi connectivity index (χ3n) is 17.7. The van der Waals surface area contributed by atoms with Crippen LogP contribution in [0.2, 0.25) is 0 Å². The molecule has 1 saturated heterocycles. The highest BCUT2D eigenvalue weighted by Crippen LogP contribution is 2.57. The van der Waals surface area contributed by atoms with E-state index in [0.717, 1.165) is 16.7 Å². The zero-order chi connectivity index (χ0) is 69.6. The Morgan fingerprint density at radius 3 is 1.48 bits per heavy atom. The maximum Gasteiger partial charge on any atom is 0.340 e. The molecule has 6 aromatic carbocycles. The van der Waals surface area contributed by atoms with E-state index in [1.807, 2.05) is 72.8 Å². The van der Waals surface area contributed by atoms with Gasteiger partial charge in [0.2, 0.25) is 5.91 Å². The molecule has 0 unspecified atom stereocenters. The Balaban J connectivity index is 0.00000159. The lowest BCUT2D eigenvalue weighted by atomic mass is 9.77. The lowest BCUT2D eigenvalue weighted by Crippen LogP contribution is -2.49. The third kappa shape index (κ3) is 16.9. The van der Waals surface area contributed by atoms with Crippen molar-refractivity contribution in [3.63, 3.8) is 0 Å². The van der Waals surface area contributed by atoms with Gasteiger partial charge >= 0.3 is 29.8 Å². The average molecular weight is 1320 g/mol. The Labute approximate surface area is 562 Å². The van der Waals surface area contributed by atoms with Crippen LogP contribution in [0.5, 0.6) is 40.2 Å². The van der Waals surface area contributed by atoms with E-state index in [2.05, 4.69) is 31.0 Å². The first kappa shape index (κ1) is 72.6.